The summed E-state index contributed by atoms with van der Waals surface area (Å²) in [5.41, 5.74) is 0.625. The molecule has 3 heterocycles. The molecule has 2 unspecified atom stereocenters. The van der Waals surface area contributed by atoms with E-state index in [1.165, 1.54) is 17.2 Å². The van der Waals surface area contributed by atoms with Gasteiger partial charge in [-0.05, 0) is 0 Å². The molecule has 0 radical (unpaired) electrons. The van der Waals surface area contributed by atoms with Gasteiger partial charge in [-0.3, -0.25) is 4.57 Å². The van der Waals surface area contributed by atoms with E-state index in [1.807, 2.05) is 0 Å². The van der Waals surface area contributed by atoms with E-state index in [-0.39, 0.29) is 5.15 Å². The summed E-state index contributed by atoms with van der Waals surface area (Å²) in [6.07, 6.45) is -2.63. The Morgan fingerprint density at radius 2 is 2.21 bits per heavy atom. The van der Waals surface area contributed by atoms with Crippen molar-refractivity contribution >= 4 is 22.8 Å². The van der Waals surface area contributed by atoms with Gasteiger partial charge in [0, 0.05) is 0 Å². The van der Waals surface area contributed by atoms with Crippen LogP contribution >= 0.6 is 11.6 Å². The molecule has 9 heteroatoms. The minimum atomic E-state index is -1.69. The summed E-state index contributed by atoms with van der Waals surface area (Å²) in [7, 11) is 0. The quantitative estimate of drug-likeness (QED) is 0.760. The topological polar surface area (TPSA) is 93.3 Å². The van der Waals surface area contributed by atoms with E-state index in [0.29, 0.717) is 11.2 Å². The number of nitrogens with zero attached hydrogens (tertiary/aromatic N) is 4. The van der Waals surface area contributed by atoms with Gasteiger partial charge >= 0.3 is 0 Å². The molecular formula is C10H10ClFN4O3. The Labute approximate surface area is 111 Å². The summed E-state index contributed by atoms with van der Waals surface area (Å²) in [5, 5.41) is 18.8. The molecule has 102 valence electrons. The number of hydrogen-bond acceptors (Lipinski definition) is 6. The Morgan fingerprint density at radius 1 is 1.42 bits per heavy atom. The lowest BCUT2D eigenvalue weighted by molar-refractivity contribution is -0.0459. The first kappa shape index (κ1) is 12.7. The molecule has 0 saturated carbocycles. The van der Waals surface area contributed by atoms with Crippen molar-refractivity contribution in [2.24, 2.45) is 0 Å². The van der Waals surface area contributed by atoms with Crippen LogP contribution < -0.4 is 0 Å². The molecule has 1 aliphatic heterocycles. The summed E-state index contributed by atoms with van der Waals surface area (Å²) >= 11 is 5.85. The fourth-order valence-corrected chi connectivity index (χ4v) is 2.26. The second-order valence-corrected chi connectivity index (χ2v) is 4.53. The van der Waals surface area contributed by atoms with E-state index in [2.05, 4.69) is 15.0 Å². The van der Waals surface area contributed by atoms with E-state index in [1.54, 1.807) is 0 Å². The lowest BCUT2D eigenvalue weighted by atomic mass is 10.1. The Kier molecular flexibility index (Phi) is 3.09. The maximum Gasteiger partial charge on any atom is 0.173 e. The molecule has 0 spiro atoms. The number of hydrogen-bond donors (Lipinski definition) is 2. The van der Waals surface area contributed by atoms with Crippen LogP contribution in [0.2, 0.25) is 5.15 Å². The van der Waals surface area contributed by atoms with Gasteiger partial charge in [-0.25, -0.2) is 19.3 Å². The number of imidazole rings is 1. The number of rotatable bonds is 2. The van der Waals surface area contributed by atoms with Crippen molar-refractivity contribution in [1.82, 2.24) is 19.5 Å². The van der Waals surface area contributed by atoms with Crippen LogP contribution in [0.4, 0.5) is 4.39 Å². The van der Waals surface area contributed by atoms with Crippen LogP contribution in [0.1, 0.15) is 6.23 Å². The smallest absolute Gasteiger partial charge is 0.173 e. The van der Waals surface area contributed by atoms with E-state index in [4.69, 9.17) is 21.4 Å². The monoisotopic (exact) mass is 288 g/mol. The summed E-state index contributed by atoms with van der Waals surface area (Å²) in [6.45, 7) is -0.472. The number of fused-ring (bicyclic) bond motifs is 1. The first-order valence-corrected chi connectivity index (χ1v) is 5.92. The first-order valence-electron chi connectivity index (χ1n) is 5.55. The van der Waals surface area contributed by atoms with Crippen LogP contribution in [-0.4, -0.2) is 54.7 Å². The van der Waals surface area contributed by atoms with E-state index in [9.17, 15) is 9.50 Å². The summed E-state index contributed by atoms with van der Waals surface area (Å²) in [5.74, 6) is 0. The van der Waals surface area contributed by atoms with E-state index >= 15 is 0 Å². The van der Waals surface area contributed by atoms with Gasteiger partial charge in [-0.2, -0.15) is 0 Å². The fraction of sp³-hybridized carbons (Fsp3) is 0.500. The summed E-state index contributed by atoms with van der Waals surface area (Å²) < 4.78 is 20.6. The fourth-order valence-electron chi connectivity index (χ4n) is 2.09. The Morgan fingerprint density at radius 3 is 2.89 bits per heavy atom. The van der Waals surface area contributed by atoms with E-state index in [0.717, 1.165) is 0 Å². The average molecular weight is 289 g/mol. The normalized spacial score (nSPS) is 31.2. The van der Waals surface area contributed by atoms with Crippen molar-refractivity contribution in [1.29, 1.82) is 0 Å². The predicted molar refractivity (Wildman–Crippen MR) is 62.2 cm³/mol. The zero-order valence-corrected chi connectivity index (χ0v) is 10.3. The highest BCUT2D eigenvalue weighted by Gasteiger charge is 2.45. The largest absolute Gasteiger partial charge is 0.394 e. The molecule has 3 rings (SSSR count). The van der Waals surface area contributed by atoms with Crippen molar-refractivity contribution in [2.45, 2.75) is 24.6 Å². The molecule has 1 saturated heterocycles. The van der Waals surface area contributed by atoms with Crippen LogP contribution in [0.25, 0.3) is 11.2 Å². The number of aromatic nitrogens is 4. The van der Waals surface area contributed by atoms with Crippen LogP contribution in [0.3, 0.4) is 0 Å². The van der Waals surface area contributed by atoms with Crippen molar-refractivity contribution in [3.8, 4) is 0 Å². The molecule has 1 aliphatic rings. The highest BCUT2D eigenvalue weighted by molar-refractivity contribution is 6.33. The Bertz CT molecular complexity index is 609. The minimum Gasteiger partial charge on any atom is -0.394 e. The standard InChI is InChI=1S/C10H10ClFN4O3/c11-8-6-9(14-2-13-8)16(3-15-6)10-5(12)7(18)4(1-17)19-10/h2-5,7,10,17-18H,1H2/t4-,5?,7?,10-/m1/s1. The molecule has 0 bridgehead atoms. The zero-order chi connectivity index (χ0) is 13.6. The maximum atomic E-state index is 14.0. The zero-order valence-electron chi connectivity index (χ0n) is 9.52. The van der Waals surface area contributed by atoms with Crippen molar-refractivity contribution in [3.05, 3.63) is 17.8 Å². The Balaban J connectivity index is 2.04. The third kappa shape index (κ3) is 1.88. The first-order chi connectivity index (χ1) is 9.13. The van der Waals surface area contributed by atoms with Crippen LogP contribution in [0.15, 0.2) is 12.7 Å². The van der Waals surface area contributed by atoms with Gasteiger partial charge in [0.25, 0.3) is 0 Å². The van der Waals surface area contributed by atoms with Crippen molar-refractivity contribution in [3.63, 3.8) is 0 Å². The third-order valence-electron chi connectivity index (χ3n) is 3.06. The van der Waals surface area contributed by atoms with E-state index < -0.39 is 31.2 Å². The molecule has 2 N–H and O–H groups in total. The summed E-state index contributed by atoms with van der Waals surface area (Å²) in [4.78, 5) is 11.7. The molecule has 7 nitrogen and oxygen atoms in total. The molecule has 1 fully saturated rings. The van der Waals surface area contributed by atoms with Gasteiger partial charge in [0.1, 0.15) is 24.1 Å². The number of ether oxygens (including phenoxy) is 1. The molecule has 0 aliphatic carbocycles. The molecule has 2 aromatic heterocycles. The SMILES string of the molecule is OC[C@H]1O[C@@H](n2cnc3c(Cl)ncnc32)C(F)C1O. The van der Waals surface area contributed by atoms with Gasteiger partial charge in [0.15, 0.2) is 23.2 Å². The van der Waals surface area contributed by atoms with Crippen LogP contribution in [-0.2, 0) is 4.74 Å². The van der Waals surface area contributed by atoms with Crippen LogP contribution in [0, 0.1) is 0 Å². The van der Waals surface area contributed by atoms with Gasteiger partial charge in [-0.1, -0.05) is 11.6 Å². The lowest BCUT2D eigenvalue weighted by Crippen LogP contribution is -2.30. The van der Waals surface area contributed by atoms with Crippen molar-refractivity contribution < 1.29 is 19.3 Å². The molecule has 0 aromatic carbocycles. The number of halogens is 2. The second-order valence-electron chi connectivity index (χ2n) is 4.17. The van der Waals surface area contributed by atoms with Crippen molar-refractivity contribution in [2.75, 3.05) is 6.61 Å². The van der Waals surface area contributed by atoms with Gasteiger partial charge < -0.3 is 14.9 Å². The number of aliphatic hydroxyl groups excluding tert-OH is 2. The molecule has 4 atom stereocenters. The second kappa shape index (κ2) is 4.64. The number of aliphatic hydroxyl groups is 2. The molecule has 19 heavy (non-hydrogen) atoms. The number of alkyl halides is 1. The minimum absolute atomic E-state index is 0.149. The van der Waals surface area contributed by atoms with Gasteiger partial charge in [-0.15, -0.1) is 0 Å². The third-order valence-corrected chi connectivity index (χ3v) is 3.34. The van der Waals surface area contributed by atoms with Gasteiger partial charge in [0.05, 0.1) is 12.9 Å². The van der Waals surface area contributed by atoms with Crippen LogP contribution in [0.5, 0.6) is 0 Å². The average Bonchev–Trinajstić information content (AvgIpc) is 2.94. The molecule has 0 amide bonds. The predicted octanol–water partition coefficient (Wildman–Crippen LogP) is 0.0684. The maximum absolute atomic E-state index is 14.0. The highest BCUT2D eigenvalue weighted by Crippen LogP contribution is 2.33. The lowest BCUT2D eigenvalue weighted by Gasteiger charge is -2.14. The highest BCUT2D eigenvalue weighted by atomic mass is 35.5. The summed E-state index contributed by atoms with van der Waals surface area (Å²) in [6, 6.07) is 0. The molecular weight excluding hydrogens is 279 g/mol. The van der Waals surface area contributed by atoms with Gasteiger partial charge in [0.2, 0.25) is 0 Å². The Hall–Kier alpha value is -1.35. The molecule has 2 aromatic rings.